The van der Waals surface area contributed by atoms with Crippen LogP contribution in [0, 0.1) is 0 Å². The molecule has 0 bridgehead atoms. The maximum absolute atomic E-state index is 12.3. The number of hydrogen-bond acceptors (Lipinski definition) is 6. The van der Waals surface area contributed by atoms with Gasteiger partial charge in [-0.05, 0) is 0 Å². The molecular formula is C10H6N8O2. The van der Waals surface area contributed by atoms with E-state index >= 15 is 0 Å². The molecule has 10 nitrogen and oxygen atoms in total. The molecule has 0 atom stereocenters. The first-order valence-electron chi connectivity index (χ1n) is 5.59. The van der Waals surface area contributed by atoms with Crippen molar-refractivity contribution in [1.29, 1.82) is 0 Å². The fourth-order valence-corrected chi connectivity index (χ4v) is 1.94. The molecule has 0 saturated carbocycles. The van der Waals surface area contributed by atoms with Crippen molar-refractivity contribution in [2.24, 2.45) is 0 Å². The third kappa shape index (κ3) is 1.32. The molecule has 0 aliphatic rings. The van der Waals surface area contributed by atoms with E-state index in [-0.39, 0.29) is 28.2 Å². The molecule has 4 aromatic heterocycles. The van der Waals surface area contributed by atoms with E-state index < -0.39 is 0 Å². The summed E-state index contributed by atoms with van der Waals surface area (Å²) in [7, 11) is 0. The molecule has 20 heavy (non-hydrogen) atoms. The molecule has 0 spiro atoms. The highest BCUT2D eigenvalue weighted by atomic mass is 16.1. The van der Waals surface area contributed by atoms with Gasteiger partial charge in [0, 0.05) is 12.3 Å². The Morgan fingerprint density at radius 2 is 2.00 bits per heavy atom. The molecule has 4 heterocycles. The summed E-state index contributed by atoms with van der Waals surface area (Å²) in [4.78, 5) is 36.2. The molecule has 0 fully saturated rings. The smallest absolute Gasteiger partial charge is 0.278 e. The van der Waals surface area contributed by atoms with E-state index in [0.717, 1.165) is 0 Å². The average molecular weight is 270 g/mol. The minimum absolute atomic E-state index is 0.182. The van der Waals surface area contributed by atoms with Gasteiger partial charge in [-0.1, -0.05) is 0 Å². The van der Waals surface area contributed by atoms with Gasteiger partial charge < -0.3 is 0 Å². The van der Waals surface area contributed by atoms with Gasteiger partial charge in [0.25, 0.3) is 16.9 Å². The summed E-state index contributed by atoms with van der Waals surface area (Å²) in [5.41, 5.74) is 0.0326. The molecule has 0 saturated heterocycles. The molecule has 0 aromatic carbocycles. The lowest BCUT2D eigenvalue weighted by atomic mass is 10.2. The molecular weight excluding hydrogens is 264 g/mol. The van der Waals surface area contributed by atoms with Gasteiger partial charge in [-0.2, -0.15) is 14.1 Å². The molecule has 10 heteroatoms. The van der Waals surface area contributed by atoms with E-state index in [1.165, 1.54) is 33.8 Å². The highest BCUT2D eigenvalue weighted by Crippen LogP contribution is 2.10. The van der Waals surface area contributed by atoms with Gasteiger partial charge in [0.1, 0.15) is 6.33 Å². The zero-order valence-electron chi connectivity index (χ0n) is 9.81. The van der Waals surface area contributed by atoms with Gasteiger partial charge in [-0.15, -0.1) is 0 Å². The zero-order valence-corrected chi connectivity index (χ0v) is 9.81. The van der Waals surface area contributed by atoms with Crippen LogP contribution in [-0.2, 0) is 0 Å². The fraction of sp³-hybridized carbons (Fsp3) is 0. The van der Waals surface area contributed by atoms with Crippen LogP contribution in [0.25, 0.3) is 22.7 Å². The highest BCUT2D eigenvalue weighted by molar-refractivity contribution is 5.59. The standard InChI is InChI=1S/C10H6N8O2/c19-8-1-6(15-10-12-4-14-18(8)10)5-2-11-7-3-13-16-17(7)9(5)20/h1-4,16H,(H,12,14,15). The number of aromatic amines is 2. The minimum atomic E-state index is -0.390. The Morgan fingerprint density at radius 1 is 1.10 bits per heavy atom. The van der Waals surface area contributed by atoms with Crippen LogP contribution < -0.4 is 11.1 Å². The summed E-state index contributed by atoms with van der Waals surface area (Å²) in [6.45, 7) is 0. The van der Waals surface area contributed by atoms with E-state index in [4.69, 9.17) is 0 Å². The quantitative estimate of drug-likeness (QED) is 0.448. The fourth-order valence-electron chi connectivity index (χ4n) is 1.94. The Morgan fingerprint density at radius 3 is 2.90 bits per heavy atom. The van der Waals surface area contributed by atoms with E-state index in [2.05, 4.69) is 30.4 Å². The van der Waals surface area contributed by atoms with Crippen LogP contribution in [0.15, 0.2) is 34.4 Å². The van der Waals surface area contributed by atoms with Crippen molar-refractivity contribution in [2.75, 3.05) is 0 Å². The first-order chi connectivity index (χ1) is 9.74. The predicted octanol–water partition coefficient (Wildman–Crippen LogP) is -1.18. The normalized spacial score (nSPS) is 11.4. The molecule has 0 aliphatic heterocycles. The largest absolute Gasteiger partial charge is 0.283 e. The molecule has 4 aromatic rings. The molecule has 0 aliphatic carbocycles. The highest BCUT2D eigenvalue weighted by Gasteiger charge is 2.12. The summed E-state index contributed by atoms with van der Waals surface area (Å²) in [6, 6.07) is 1.24. The number of nitrogens with zero attached hydrogens (tertiary/aromatic N) is 6. The second-order valence-electron chi connectivity index (χ2n) is 4.03. The van der Waals surface area contributed by atoms with E-state index in [1.807, 2.05) is 0 Å². The number of rotatable bonds is 1. The Balaban J connectivity index is 2.07. The van der Waals surface area contributed by atoms with Gasteiger partial charge >= 0.3 is 0 Å². The van der Waals surface area contributed by atoms with Gasteiger partial charge in [0.05, 0.1) is 17.5 Å². The van der Waals surface area contributed by atoms with E-state index in [1.54, 1.807) is 0 Å². The maximum atomic E-state index is 12.3. The maximum Gasteiger partial charge on any atom is 0.283 e. The summed E-state index contributed by atoms with van der Waals surface area (Å²) in [5.74, 6) is 0.182. The van der Waals surface area contributed by atoms with Crippen molar-refractivity contribution in [3.8, 4) is 11.3 Å². The van der Waals surface area contributed by atoms with Crippen molar-refractivity contribution in [1.82, 2.24) is 39.4 Å². The zero-order chi connectivity index (χ0) is 13.7. The molecule has 98 valence electrons. The monoisotopic (exact) mass is 270 g/mol. The minimum Gasteiger partial charge on any atom is -0.278 e. The average Bonchev–Trinajstić information content (AvgIpc) is 3.06. The SMILES string of the molecule is O=c1c(-c2cc(=O)n3[nH]cnc3n2)cnc2cn[nH]n12. The number of hydrogen-bond donors (Lipinski definition) is 2. The Hall–Kier alpha value is -3.30. The van der Waals surface area contributed by atoms with Crippen LogP contribution in [0.5, 0.6) is 0 Å². The summed E-state index contributed by atoms with van der Waals surface area (Å²) in [5, 5.41) is 8.85. The Bertz CT molecular complexity index is 1050. The first-order valence-corrected chi connectivity index (χ1v) is 5.59. The van der Waals surface area contributed by atoms with Gasteiger partial charge in [-0.3, -0.25) is 14.7 Å². The topological polar surface area (TPSA) is 126 Å². The van der Waals surface area contributed by atoms with Crippen molar-refractivity contribution >= 4 is 11.4 Å². The number of nitrogens with one attached hydrogen (secondary N) is 2. The molecule has 0 radical (unpaired) electrons. The predicted molar refractivity (Wildman–Crippen MR) is 66.2 cm³/mol. The van der Waals surface area contributed by atoms with Crippen molar-refractivity contribution < 1.29 is 0 Å². The number of fused-ring (bicyclic) bond motifs is 2. The van der Waals surface area contributed by atoms with Crippen molar-refractivity contribution in [2.45, 2.75) is 0 Å². The van der Waals surface area contributed by atoms with E-state index in [9.17, 15) is 9.59 Å². The lowest BCUT2D eigenvalue weighted by Gasteiger charge is -2.00. The second-order valence-corrected chi connectivity index (χ2v) is 4.03. The first kappa shape index (κ1) is 10.6. The van der Waals surface area contributed by atoms with Crippen molar-refractivity contribution in [3.63, 3.8) is 0 Å². The summed E-state index contributed by atoms with van der Waals surface area (Å²) >= 11 is 0. The molecule has 0 unspecified atom stereocenters. The van der Waals surface area contributed by atoms with Crippen LogP contribution in [0.3, 0.4) is 0 Å². The van der Waals surface area contributed by atoms with Gasteiger partial charge in [0.15, 0.2) is 5.65 Å². The lowest BCUT2D eigenvalue weighted by molar-refractivity contribution is 0.820. The van der Waals surface area contributed by atoms with Crippen LogP contribution in [0.4, 0.5) is 0 Å². The van der Waals surface area contributed by atoms with Gasteiger partial charge in [0.2, 0.25) is 0 Å². The molecule has 2 N–H and O–H groups in total. The third-order valence-electron chi connectivity index (χ3n) is 2.87. The van der Waals surface area contributed by atoms with Crippen molar-refractivity contribution in [3.05, 3.63) is 45.5 Å². The van der Waals surface area contributed by atoms with Crippen LogP contribution in [0.1, 0.15) is 0 Å². The number of H-pyrrole nitrogens is 2. The van der Waals surface area contributed by atoms with Crippen LogP contribution >= 0.6 is 0 Å². The summed E-state index contributed by atoms with van der Waals surface area (Å²) < 4.78 is 2.34. The third-order valence-corrected chi connectivity index (χ3v) is 2.87. The summed E-state index contributed by atoms with van der Waals surface area (Å²) in [6.07, 6.45) is 4.12. The van der Waals surface area contributed by atoms with E-state index in [0.29, 0.717) is 5.65 Å². The number of aromatic nitrogens is 8. The Labute approximate surface area is 108 Å². The Kier molecular flexibility index (Phi) is 1.91. The lowest BCUT2D eigenvalue weighted by Crippen LogP contribution is -2.20. The van der Waals surface area contributed by atoms with Crippen LogP contribution in [0.2, 0.25) is 0 Å². The van der Waals surface area contributed by atoms with Crippen LogP contribution in [-0.4, -0.2) is 39.4 Å². The van der Waals surface area contributed by atoms with Gasteiger partial charge in [-0.25, -0.2) is 20.2 Å². The molecule has 0 amide bonds. The molecule has 4 rings (SSSR count). The second kappa shape index (κ2) is 3.60.